The molecule has 0 aliphatic carbocycles. The summed E-state index contributed by atoms with van der Waals surface area (Å²) in [6.07, 6.45) is 0.674. The fourth-order valence-electron chi connectivity index (χ4n) is 2.37. The molecule has 0 aromatic carbocycles. The predicted molar refractivity (Wildman–Crippen MR) is 78.5 cm³/mol. The molecule has 1 unspecified atom stereocenters. The van der Waals surface area contributed by atoms with Crippen molar-refractivity contribution in [3.8, 4) is 0 Å². The molecule has 1 aromatic rings. The van der Waals surface area contributed by atoms with Gasteiger partial charge in [-0.1, -0.05) is 11.3 Å². The van der Waals surface area contributed by atoms with Gasteiger partial charge in [-0.25, -0.2) is 8.42 Å². The lowest BCUT2D eigenvalue weighted by Crippen LogP contribution is -2.40. The van der Waals surface area contributed by atoms with Crippen molar-refractivity contribution in [2.24, 2.45) is 5.92 Å². The molecule has 1 fully saturated rings. The van der Waals surface area contributed by atoms with Crippen molar-refractivity contribution >= 4 is 32.0 Å². The van der Waals surface area contributed by atoms with Crippen LogP contribution in [0.15, 0.2) is 10.3 Å². The van der Waals surface area contributed by atoms with Gasteiger partial charge < -0.3 is 10.8 Å². The second-order valence-electron chi connectivity index (χ2n) is 5.05. The van der Waals surface area contributed by atoms with Crippen molar-refractivity contribution in [3.63, 3.8) is 0 Å². The van der Waals surface area contributed by atoms with E-state index in [-0.39, 0.29) is 20.8 Å². The summed E-state index contributed by atoms with van der Waals surface area (Å²) >= 11 is 0.707. The Morgan fingerprint density at radius 1 is 1.52 bits per heavy atom. The molecule has 1 aliphatic heterocycles. The van der Waals surface area contributed by atoms with Crippen LogP contribution >= 0.6 is 11.3 Å². The zero-order valence-corrected chi connectivity index (χ0v) is 13.1. The van der Waals surface area contributed by atoms with Crippen molar-refractivity contribution in [2.75, 3.05) is 18.8 Å². The first kappa shape index (κ1) is 16.1. The second kappa shape index (κ2) is 5.87. The average Bonchev–Trinajstić information content (AvgIpc) is 2.82. The highest BCUT2D eigenvalue weighted by atomic mass is 32.2. The molecule has 0 bridgehead atoms. The van der Waals surface area contributed by atoms with Gasteiger partial charge >= 0.3 is 5.69 Å². The van der Waals surface area contributed by atoms with Crippen LogP contribution in [0.1, 0.15) is 19.8 Å². The van der Waals surface area contributed by atoms with E-state index in [0.29, 0.717) is 37.3 Å². The molecule has 10 heteroatoms. The number of rotatable bonds is 4. The average molecular weight is 335 g/mol. The van der Waals surface area contributed by atoms with Crippen molar-refractivity contribution < 1.29 is 18.4 Å². The third-order valence-corrected chi connectivity index (χ3v) is 6.99. The maximum Gasteiger partial charge on any atom is 0.304 e. The molecule has 3 N–H and O–H groups in total. The SMILES string of the molecule is CC(O)C1CCN(S(=O)(=O)c2cc([N+](=O)[O-])c(N)s2)CC1. The van der Waals surface area contributed by atoms with Crippen LogP contribution in [0.4, 0.5) is 10.7 Å². The van der Waals surface area contributed by atoms with Crippen molar-refractivity contribution in [2.45, 2.75) is 30.1 Å². The number of piperidine rings is 1. The summed E-state index contributed by atoms with van der Waals surface area (Å²) in [5.41, 5.74) is 5.11. The Kier molecular flexibility index (Phi) is 4.51. The molecular weight excluding hydrogens is 318 g/mol. The summed E-state index contributed by atoms with van der Waals surface area (Å²) in [5.74, 6) is 0.0826. The molecule has 8 nitrogen and oxygen atoms in total. The van der Waals surface area contributed by atoms with E-state index in [0.717, 1.165) is 6.07 Å². The molecule has 0 radical (unpaired) electrons. The summed E-state index contributed by atoms with van der Waals surface area (Å²) in [4.78, 5) is 10.1. The van der Waals surface area contributed by atoms with Crippen LogP contribution in [-0.4, -0.2) is 41.9 Å². The summed E-state index contributed by atoms with van der Waals surface area (Å²) in [5, 5.41) is 20.2. The summed E-state index contributed by atoms with van der Waals surface area (Å²) in [6.45, 7) is 2.28. The Morgan fingerprint density at radius 2 is 2.10 bits per heavy atom. The largest absolute Gasteiger partial charge is 0.393 e. The van der Waals surface area contributed by atoms with E-state index in [2.05, 4.69) is 0 Å². The summed E-state index contributed by atoms with van der Waals surface area (Å²) < 4.78 is 26.1. The zero-order chi connectivity index (χ0) is 15.8. The number of hydrogen-bond donors (Lipinski definition) is 2. The van der Waals surface area contributed by atoms with E-state index in [1.165, 1.54) is 4.31 Å². The smallest absolute Gasteiger partial charge is 0.304 e. The number of anilines is 1. The minimum atomic E-state index is -3.76. The Bertz CT molecular complexity index is 632. The highest BCUT2D eigenvalue weighted by Gasteiger charge is 2.33. The van der Waals surface area contributed by atoms with Crippen LogP contribution < -0.4 is 5.73 Å². The molecule has 0 amide bonds. The summed E-state index contributed by atoms with van der Waals surface area (Å²) in [6, 6.07) is 1.01. The number of nitrogens with zero attached hydrogens (tertiary/aromatic N) is 2. The molecule has 0 saturated carbocycles. The lowest BCUT2D eigenvalue weighted by molar-refractivity contribution is -0.383. The van der Waals surface area contributed by atoms with Gasteiger partial charge in [0.1, 0.15) is 4.21 Å². The molecule has 1 atom stereocenters. The van der Waals surface area contributed by atoms with Gasteiger partial charge in [0.15, 0.2) is 5.00 Å². The van der Waals surface area contributed by atoms with Crippen LogP contribution in [0.5, 0.6) is 0 Å². The second-order valence-corrected chi connectivity index (χ2v) is 8.30. The maximum atomic E-state index is 12.4. The Labute approximate surface area is 126 Å². The van der Waals surface area contributed by atoms with Gasteiger partial charge in [0.05, 0.1) is 11.0 Å². The van der Waals surface area contributed by atoms with Gasteiger partial charge in [0.2, 0.25) is 0 Å². The van der Waals surface area contributed by atoms with E-state index in [1.54, 1.807) is 6.92 Å². The van der Waals surface area contributed by atoms with Crippen molar-refractivity contribution in [3.05, 3.63) is 16.2 Å². The lowest BCUT2D eigenvalue weighted by atomic mass is 9.93. The molecule has 21 heavy (non-hydrogen) atoms. The van der Waals surface area contributed by atoms with Gasteiger partial charge in [-0.05, 0) is 25.7 Å². The van der Waals surface area contributed by atoms with E-state index in [4.69, 9.17) is 5.73 Å². The highest BCUT2D eigenvalue weighted by molar-refractivity contribution is 7.91. The molecule has 0 spiro atoms. The van der Waals surface area contributed by atoms with Gasteiger partial charge in [-0.15, -0.1) is 0 Å². The van der Waals surface area contributed by atoms with Gasteiger partial charge in [0, 0.05) is 19.2 Å². The maximum absolute atomic E-state index is 12.4. The van der Waals surface area contributed by atoms with Crippen molar-refractivity contribution in [1.29, 1.82) is 0 Å². The summed E-state index contributed by atoms with van der Waals surface area (Å²) in [7, 11) is -3.76. The number of nitrogens with two attached hydrogens (primary N) is 1. The Balaban J connectivity index is 2.20. The minimum absolute atomic E-state index is 0.0826. The number of nitrogen functional groups attached to an aromatic ring is 1. The molecule has 2 rings (SSSR count). The zero-order valence-electron chi connectivity index (χ0n) is 11.4. The number of thiophene rings is 1. The van der Waals surface area contributed by atoms with Gasteiger partial charge in [-0.3, -0.25) is 10.1 Å². The minimum Gasteiger partial charge on any atom is -0.393 e. The van der Waals surface area contributed by atoms with Crippen LogP contribution in [-0.2, 0) is 10.0 Å². The Morgan fingerprint density at radius 3 is 2.52 bits per heavy atom. The van der Waals surface area contributed by atoms with Crippen LogP contribution in [0, 0.1) is 16.0 Å². The topological polar surface area (TPSA) is 127 Å². The standard InChI is InChI=1S/C11H17N3O5S2/c1-7(15)8-2-4-13(5-3-8)21(18,19)10-6-9(14(16)17)11(12)20-10/h6-8,15H,2-5,12H2,1H3. The monoisotopic (exact) mass is 335 g/mol. The fourth-order valence-corrected chi connectivity index (χ4v) is 5.21. The number of hydrogen-bond acceptors (Lipinski definition) is 7. The van der Waals surface area contributed by atoms with E-state index in [1.807, 2.05) is 0 Å². The molecule has 118 valence electrons. The predicted octanol–water partition coefficient (Wildman–Crippen LogP) is 1.02. The first-order valence-corrected chi connectivity index (χ1v) is 8.71. The quantitative estimate of drug-likeness (QED) is 0.625. The number of sulfonamides is 1. The molecule has 1 aliphatic rings. The highest BCUT2D eigenvalue weighted by Crippen LogP contribution is 2.36. The first-order chi connectivity index (χ1) is 9.73. The molecule has 1 saturated heterocycles. The Hall–Kier alpha value is -1.23. The first-order valence-electron chi connectivity index (χ1n) is 6.45. The van der Waals surface area contributed by atoms with Gasteiger partial charge in [0.25, 0.3) is 10.0 Å². The molecule has 1 aromatic heterocycles. The van der Waals surface area contributed by atoms with Crippen LogP contribution in [0.25, 0.3) is 0 Å². The van der Waals surface area contributed by atoms with E-state index in [9.17, 15) is 23.6 Å². The molecule has 2 heterocycles. The fraction of sp³-hybridized carbons (Fsp3) is 0.636. The van der Waals surface area contributed by atoms with Crippen LogP contribution in [0.3, 0.4) is 0 Å². The third kappa shape index (κ3) is 3.18. The number of nitro groups is 1. The third-order valence-electron chi connectivity index (χ3n) is 3.69. The van der Waals surface area contributed by atoms with E-state index < -0.39 is 21.1 Å². The van der Waals surface area contributed by atoms with Crippen molar-refractivity contribution in [1.82, 2.24) is 4.31 Å². The molecular formula is C11H17N3O5S2. The lowest BCUT2D eigenvalue weighted by Gasteiger charge is -2.32. The number of aliphatic hydroxyl groups is 1. The van der Waals surface area contributed by atoms with Gasteiger partial charge in [-0.2, -0.15) is 4.31 Å². The van der Waals surface area contributed by atoms with E-state index >= 15 is 0 Å². The van der Waals surface area contributed by atoms with Crippen LogP contribution in [0.2, 0.25) is 0 Å². The normalized spacial score (nSPS) is 19.5. The number of aliphatic hydroxyl groups excluding tert-OH is 1.